The standard InChI is InChI=1S/C37H45N9O4.ClH/c1-22-31(18-19-33(40-22)35(48)41-28-12-16-30(47)17-13-28)25-6-2-23(3-7-25)20-32(39)37(50)46(36(49)27-8-4-24(21-38)5-9-27)29-14-10-26(11-15-29)34-42-44-45-43-34;/h2-3,6-7,10-11,14-15,18-19,24,27-28,30,32,47H,4-5,8-9,12-13,16-17,20-21,38-39H2,1H3,(H,41,48)(H,42,43,44,45);1H/t24?,27?,28?,30?,32-;/m0./s1. The third kappa shape index (κ3) is 9.03. The number of imide groups is 1. The molecule has 7 N–H and O–H groups in total. The van der Waals surface area contributed by atoms with Crippen LogP contribution < -0.4 is 21.7 Å². The Balaban J connectivity index is 0.00000504. The van der Waals surface area contributed by atoms with E-state index in [1.165, 1.54) is 4.90 Å². The van der Waals surface area contributed by atoms with Crippen molar-refractivity contribution in [3.63, 3.8) is 0 Å². The van der Waals surface area contributed by atoms with Crippen LogP contribution in [0.3, 0.4) is 0 Å². The molecule has 3 amide bonds. The van der Waals surface area contributed by atoms with Crippen LogP contribution in [0.2, 0.25) is 0 Å². The van der Waals surface area contributed by atoms with Crippen LogP contribution in [0.1, 0.15) is 73.1 Å². The van der Waals surface area contributed by atoms with Gasteiger partial charge in [0.1, 0.15) is 5.69 Å². The number of halogens is 1. The number of amides is 3. The van der Waals surface area contributed by atoms with Gasteiger partial charge in [-0.25, -0.2) is 9.88 Å². The highest BCUT2D eigenvalue weighted by Crippen LogP contribution is 2.32. The Morgan fingerprint density at radius 2 is 1.59 bits per heavy atom. The summed E-state index contributed by atoms with van der Waals surface area (Å²) in [7, 11) is 0. The van der Waals surface area contributed by atoms with Crippen LogP contribution in [-0.4, -0.2) is 73.2 Å². The minimum absolute atomic E-state index is 0. The van der Waals surface area contributed by atoms with Gasteiger partial charge in [0.25, 0.3) is 11.8 Å². The summed E-state index contributed by atoms with van der Waals surface area (Å²) in [6.45, 7) is 2.46. The third-order valence-electron chi connectivity index (χ3n) is 10.1. The number of aromatic nitrogens is 5. The molecule has 1 atom stereocenters. The molecule has 4 aromatic rings. The lowest BCUT2D eigenvalue weighted by atomic mass is 9.81. The lowest BCUT2D eigenvalue weighted by Crippen LogP contribution is -2.50. The maximum absolute atomic E-state index is 14.0. The summed E-state index contributed by atoms with van der Waals surface area (Å²) in [5.74, 6) is -0.422. The summed E-state index contributed by atoms with van der Waals surface area (Å²) in [4.78, 5) is 46.6. The van der Waals surface area contributed by atoms with E-state index in [-0.39, 0.29) is 48.7 Å². The van der Waals surface area contributed by atoms with Gasteiger partial charge in [-0.05, 0) is 124 Å². The number of benzene rings is 2. The Bertz CT molecular complexity index is 1770. The highest BCUT2D eigenvalue weighted by Gasteiger charge is 2.35. The van der Waals surface area contributed by atoms with Crippen molar-refractivity contribution in [3.05, 3.63) is 77.6 Å². The summed E-state index contributed by atoms with van der Waals surface area (Å²) < 4.78 is 0. The van der Waals surface area contributed by atoms with E-state index in [0.29, 0.717) is 60.9 Å². The first-order chi connectivity index (χ1) is 24.2. The average molecular weight is 716 g/mol. The zero-order chi connectivity index (χ0) is 35.2. The number of aryl methyl sites for hydroxylation is 1. The summed E-state index contributed by atoms with van der Waals surface area (Å²) in [5.41, 5.74) is 17.3. The minimum Gasteiger partial charge on any atom is -0.393 e. The first-order valence-corrected chi connectivity index (χ1v) is 17.4. The number of carbonyl (C=O) groups is 3. The highest BCUT2D eigenvalue weighted by molar-refractivity contribution is 6.17. The number of aliphatic hydroxyl groups excluding tert-OH is 1. The first-order valence-electron chi connectivity index (χ1n) is 17.4. The number of nitrogens with zero attached hydrogens (tertiary/aromatic N) is 5. The van der Waals surface area contributed by atoms with E-state index in [2.05, 4.69) is 30.9 Å². The molecular weight excluding hydrogens is 670 g/mol. The molecule has 270 valence electrons. The first kappa shape index (κ1) is 37.7. The molecular formula is C37H46ClN9O4. The Kier molecular flexibility index (Phi) is 12.6. The van der Waals surface area contributed by atoms with Crippen molar-refractivity contribution in [2.45, 2.75) is 82.9 Å². The molecule has 0 bridgehead atoms. The number of tetrazole rings is 1. The van der Waals surface area contributed by atoms with E-state index in [1.54, 1.807) is 30.3 Å². The summed E-state index contributed by atoms with van der Waals surface area (Å²) in [5, 5.41) is 26.8. The van der Waals surface area contributed by atoms with Crippen LogP contribution in [0, 0.1) is 18.8 Å². The van der Waals surface area contributed by atoms with Crippen molar-refractivity contribution in [2.24, 2.45) is 23.3 Å². The molecule has 51 heavy (non-hydrogen) atoms. The molecule has 2 aromatic carbocycles. The maximum atomic E-state index is 14.0. The number of H-pyrrole nitrogens is 1. The van der Waals surface area contributed by atoms with Gasteiger partial charge in [0.15, 0.2) is 0 Å². The molecule has 0 aliphatic heterocycles. The van der Waals surface area contributed by atoms with E-state index in [4.69, 9.17) is 11.5 Å². The summed E-state index contributed by atoms with van der Waals surface area (Å²) >= 11 is 0. The van der Waals surface area contributed by atoms with Crippen LogP contribution in [0.4, 0.5) is 5.69 Å². The van der Waals surface area contributed by atoms with Gasteiger partial charge in [0.05, 0.1) is 17.8 Å². The van der Waals surface area contributed by atoms with Crippen molar-refractivity contribution in [3.8, 4) is 22.5 Å². The molecule has 2 fully saturated rings. The number of aliphatic hydroxyl groups is 1. The van der Waals surface area contributed by atoms with Crippen molar-refractivity contribution >= 4 is 35.8 Å². The van der Waals surface area contributed by atoms with Crippen molar-refractivity contribution in [2.75, 3.05) is 11.4 Å². The van der Waals surface area contributed by atoms with Gasteiger partial charge in [-0.2, -0.15) is 5.21 Å². The quantitative estimate of drug-likeness (QED) is 0.160. The van der Waals surface area contributed by atoms with E-state index in [0.717, 1.165) is 48.1 Å². The number of pyridine rings is 1. The molecule has 2 aliphatic carbocycles. The molecule has 2 heterocycles. The van der Waals surface area contributed by atoms with Gasteiger partial charge in [-0.15, -0.1) is 22.6 Å². The third-order valence-corrected chi connectivity index (χ3v) is 10.1. The van der Waals surface area contributed by atoms with Gasteiger partial charge >= 0.3 is 0 Å². The second kappa shape index (κ2) is 17.1. The second-order valence-electron chi connectivity index (χ2n) is 13.6. The number of nitrogens with one attached hydrogen (secondary N) is 2. The minimum atomic E-state index is -0.962. The van der Waals surface area contributed by atoms with Crippen LogP contribution in [0.15, 0.2) is 60.7 Å². The Morgan fingerprint density at radius 1 is 0.922 bits per heavy atom. The number of hydrogen-bond donors (Lipinski definition) is 5. The molecule has 13 nitrogen and oxygen atoms in total. The predicted octanol–water partition coefficient (Wildman–Crippen LogP) is 3.89. The summed E-state index contributed by atoms with van der Waals surface area (Å²) in [6.07, 6.45) is 5.89. The Morgan fingerprint density at radius 3 is 2.20 bits per heavy atom. The topological polar surface area (TPSA) is 206 Å². The van der Waals surface area contributed by atoms with Gasteiger partial charge in [-0.1, -0.05) is 30.3 Å². The lowest BCUT2D eigenvalue weighted by molar-refractivity contribution is -0.130. The highest BCUT2D eigenvalue weighted by atomic mass is 35.5. The molecule has 0 unspecified atom stereocenters. The summed E-state index contributed by atoms with van der Waals surface area (Å²) in [6, 6.07) is 17.3. The zero-order valence-electron chi connectivity index (χ0n) is 28.7. The van der Waals surface area contributed by atoms with Gasteiger partial charge in [-0.3, -0.25) is 14.4 Å². The van der Waals surface area contributed by atoms with Gasteiger partial charge in [0, 0.05) is 28.8 Å². The number of rotatable bonds is 10. The number of hydrogen-bond acceptors (Lipinski definition) is 10. The SMILES string of the molecule is Cc1nc(C(=O)NC2CCC(O)CC2)ccc1-c1ccc(C[C@H](N)C(=O)N(C(=O)C2CCC(CN)CC2)c2ccc(-c3nn[nH]n3)cc2)cc1.Cl. The monoisotopic (exact) mass is 715 g/mol. The predicted molar refractivity (Wildman–Crippen MR) is 196 cm³/mol. The lowest BCUT2D eigenvalue weighted by Gasteiger charge is -2.32. The number of anilines is 1. The average Bonchev–Trinajstić information content (AvgIpc) is 3.69. The normalized spacial score (nSPS) is 20.9. The molecule has 0 radical (unpaired) electrons. The fraction of sp³-hybridized carbons (Fsp3) is 0.432. The Hall–Kier alpha value is -4.56. The molecule has 0 saturated heterocycles. The van der Waals surface area contributed by atoms with E-state index < -0.39 is 11.9 Å². The van der Waals surface area contributed by atoms with Crippen LogP contribution in [0.5, 0.6) is 0 Å². The van der Waals surface area contributed by atoms with Crippen molar-refractivity contribution in [1.82, 2.24) is 30.9 Å². The smallest absolute Gasteiger partial charge is 0.270 e. The number of aromatic amines is 1. The number of nitrogens with two attached hydrogens (primary N) is 2. The fourth-order valence-electron chi connectivity index (χ4n) is 7.03. The largest absolute Gasteiger partial charge is 0.393 e. The van der Waals surface area contributed by atoms with E-state index >= 15 is 0 Å². The fourth-order valence-corrected chi connectivity index (χ4v) is 7.03. The molecule has 2 aliphatic rings. The van der Waals surface area contributed by atoms with Crippen LogP contribution in [0.25, 0.3) is 22.5 Å². The molecule has 2 aromatic heterocycles. The second-order valence-corrected chi connectivity index (χ2v) is 13.6. The van der Waals surface area contributed by atoms with E-state index in [1.807, 2.05) is 37.3 Å². The van der Waals surface area contributed by atoms with E-state index in [9.17, 15) is 19.5 Å². The molecule has 0 spiro atoms. The van der Waals surface area contributed by atoms with Crippen molar-refractivity contribution in [1.29, 1.82) is 0 Å². The van der Waals surface area contributed by atoms with Crippen LogP contribution >= 0.6 is 12.4 Å². The van der Waals surface area contributed by atoms with Crippen LogP contribution in [-0.2, 0) is 16.0 Å². The maximum Gasteiger partial charge on any atom is 0.270 e. The molecule has 2 saturated carbocycles. The van der Waals surface area contributed by atoms with Gasteiger partial charge < -0.3 is 21.9 Å². The van der Waals surface area contributed by atoms with Gasteiger partial charge in [0.2, 0.25) is 11.7 Å². The number of carbonyl (C=O) groups excluding carboxylic acids is 3. The molecule has 14 heteroatoms. The zero-order valence-corrected chi connectivity index (χ0v) is 29.5. The van der Waals surface area contributed by atoms with Crippen molar-refractivity contribution < 1.29 is 19.5 Å². The molecule has 6 rings (SSSR count). The Labute approximate surface area is 303 Å².